The van der Waals surface area contributed by atoms with E-state index in [1.54, 1.807) is 33.2 Å². The molecule has 0 aliphatic carbocycles. The molecule has 1 aromatic rings. The van der Waals surface area contributed by atoms with Crippen molar-refractivity contribution in [2.45, 2.75) is 19.8 Å². The van der Waals surface area contributed by atoms with Gasteiger partial charge in [0.1, 0.15) is 11.7 Å². The molecule has 0 saturated carbocycles. The number of halogens is 1. The quantitative estimate of drug-likeness (QED) is 0.823. The maximum Gasteiger partial charge on any atom is 0.306 e. The molecule has 0 spiro atoms. The van der Waals surface area contributed by atoms with Gasteiger partial charge < -0.3 is 14.7 Å². The van der Waals surface area contributed by atoms with E-state index >= 15 is 0 Å². The van der Waals surface area contributed by atoms with Gasteiger partial charge in [-0.2, -0.15) is 5.26 Å². The summed E-state index contributed by atoms with van der Waals surface area (Å²) in [6, 6.07) is 5.37. The van der Waals surface area contributed by atoms with Gasteiger partial charge in [-0.1, -0.05) is 17.7 Å². The first-order chi connectivity index (χ1) is 10.8. The lowest BCUT2D eigenvalue weighted by molar-refractivity contribution is -0.137. The second-order valence-corrected chi connectivity index (χ2v) is 5.68. The van der Waals surface area contributed by atoms with Crippen LogP contribution in [0.25, 0.3) is 0 Å². The second kappa shape index (κ2) is 8.39. The van der Waals surface area contributed by atoms with Crippen LogP contribution >= 0.6 is 11.6 Å². The van der Waals surface area contributed by atoms with Gasteiger partial charge in [0.2, 0.25) is 5.91 Å². The van der Waals surface area contributed by atoms with Gasteiger partial charge in [-0.25, -0.2) is 0 Å². The highest BCUT2D eigenvalue weighted by atomic mass is 35.5. The summed E-state index contributed by atoms with van der Waals surface area (Å²) in [5.74, 6) is -1.64. The van der Waals surface area contributed by atoms with E-state index in [-0.39, 0.29) is 25.4 Å². The molecule has 124 valence electrons. The molecule has 0 aromatic heterocycles. The number of nitrogens with zero attached hydrogens (tertiary/aromatic N) is 2. The maximum atomic E-state index is 12.0. The molecule has 1 atom stereocenters. The number of aliphatic carboxylic acids is 1. The molecule has 1 rings (SSSR count). The van der Waals surface area contributed by atoms with Gasteiger partial charge >= 0.3 is 5.97 Å². The molecular weight excluding hydrogens is 320 g/mol. The monoisotopic (exact) mass is 338 g/mol. The molecule has 0 heterocycles. The molecule has 0 aliphatic heterocycles. The number of nitriles is 1. The lowest BCUT2D eigenvalue weighted by Crippen LogP contribution is -2.30. The van der Waals surface area contributed by atoms with Crippen molar-refractivity contribution in [1.82, 2.24) is 4.90 Å². The highest BCUT2D eigenvalue weighted by molar-refractivity contribution is 6.32. The fraction of sp³-hybridized carbons (Fsp3) is 0.438. The molecule has 0 fully saturated rings. The first-order valence-corrected chi connectivity index (χ1v) is 7.39. The van der Waals surface area contributed by atoms with Gasteiger partial charge in [-0.3, -0.25) is 9.59 Å². The molecule has 0 aliphatic rings. The van der Waals surface area contributed by atoms with Crippen molar-refractivity contribution in [2.75, 3.05) is 20.7 Å². The van der Waals surface area contributed by atoms with E-state index in [4.69, 9.17) is 21.4 Å². The molecule has 0 radical (unpaired) electrons. The Balaban J connectivity index is 2.98. The van der Waals surface area contributed by atoms with E-state index in [0.29, 0.717) is 16.3 Å². The number of carboxylic acids is 1. The fourth-order valence-electron chi connectivity index (χ4n) is 2.06. The lowest BCUT2D eigenvalue weighted by atomic mass is 9.95. The van der Waals surface area contributed by atoms with Crippen molar-refractivity contribution in [3.8, 4) is 11.8 Å². The largest absolute Gasteiger partial charge is 0.491 e. The van der Waals surface area contributed by atoms with E-state index in [9.17, 15) is 14.9 Å². The summed E-state index contributed by atoms with van der Waals surface area (Å²) < 4.78 is 5.45. The Labute approximate surface area is 140 Å². The Bertz CT molecular complexity index is 638. The minimum atomic E-state index is -0.962. The third-order valence-electron chi connectivity index (χ3n) is 3.35. The average Bonchev–Trinajstić information content (AvgIpc) is 2.49. The molecule has 1 amide bonds. The number of rotatable bonds is 7. The third-order valence-corrected chi connectivity index (χ3v) is 3.65. The first kappa shape index (κ1) is 18.8. The van der Waals surface area contributed by atoms with E-state index in [0.717, 1.165) is 5.56 Å². The summed E-state index contributed by atoms with van der Waals surface area (Å²) in [5.41, 5.74) is 1.47. The molecular formula is C16H19ClN2O4. The van der Waals surface area contributed by atoms with Crippen molar-refractivity contribution >= 4 is 23.5 Å². The summed E-state index contributed by atoms with van der Waals surface area (Å²) in [6.07, 6.45) is 0.103. The number of carbonyl (C=O) groups is 2. The molecule has 7 heteroatoms. The Hall–Kier alpha value is -2.26. The Kier molecular flexibility index (Phi) is 6.86. The summed E-state index contributed by atoms with van der Waals surface area (Å²) in [4.78, 5) is 23.9. The van der Waals surface area contributed by atoms with Gasteiger partial charge in [0.25, 0.3) is 0 Å². The van der Waals surface area contributed by atoms with E-state index in [2.05, 4.69) is 0 Å². The van der Waals surface area contributed by atoms with E-state index < -0.39 is 11.9 Å². The van der Waals surface area contributed by atoms with Crippen LogP contribution in [0.15, 0.2) is 12.1 Å². The normalized spacial score (nSPS) is 11.4. The van der Waals surface area contributed by atoms with Gasteiger partial charge in [-0.15, -0.1) is 0 Å². The minimum Gasteiger partial charge on any atom is -0.491 e. The third kappa shape index (κ3) is 5.15. The highest BCUT2D eigenvalue weighted by Crippen LogP contribution is 2.32. The number of ether oxygens (including phenoxy) is 1. The maximum absolute atomic E-state index is 12.0. The van der Waals surface area contributed by atoms with Gasteiger partial charge in [0.05, 0.1) is 24.1 Å². The average molecular weight is 339 g/mol. The molecule has 6 nitrogen and oxygen atoms in total. The Morgan fingerprint density at radius 3 is 2.61 bits per heavy atom. The van der Waals surface area contributed by atoms with Crippen LogP contribution in [0.3, 0.4) is 0 Å². The van der Waals surface area contributed by atoms with E-state index in [1.807, 2.05) is 6.07 Å². The van der Waals surface area contributed by atoms with Crippen LogP contribution in [0.1, 0.15) is 17.5 Å². The Morgan fingerprint density at radius 2 is 2.09 bits per heavy atom. The van der Waals surface area contributed by atoms with Crippen molar-refractivity contribution in [3.63, 3.8) is 0 Å². The van der Waals surface area contributed by atoms with Crippen LogP contribution < -0.4 is 4.74 Å². The molecule has 1 aromatic carbocycles. The van der Waals surface area contributed by atoms with Crippen LogP contribution in [0.5, 0.6) is 5.75 Å². The van der Waals surface area contributed by atoms with Crippen molar-refractivity contribution in [2.24, 2.45) is 5.92 Å². The van der Waals surface area contributed by atoms with Crippen LogP contribution in [-0.2, 0) is 16.0 Å². The molecule has 0 bridgehead atoms. The number of amides is 1. The Morgan fingerprint density at radius 1 is 1.43 bits per heavy atom. The van der Waals surface area contributed by atoms with Crippen molar-refractivity contribution in [1.29, 1.82) is 5.26 Å². The van der Waals surface area contributed by atoms with Gasteiger partial charge in [-0.05, 0) is 30.5 Å². The molecule has 1 N–H and O–H groups in total. The summed E-state index contributed by atoms with van der Waals surface area (Å²) in [7, 11) is 3.20. The number of hydrogen-bond acceptors (Lipinski definition) is 4. The minimum absolute atomic E-state index is 0.00233. The van der Waals surface area contributed by atoms with Crippen LogP contribution in [0, 0.1) is 24.2 Å². The van der Waals surface area contributed by atoms with Crippen molar-refractivity contribution in [3.05, 3.63) is 28.3 Å². The number of carboxylic acid groups (broad SMARTS) is 1. The first-order valence-electron chi connectivity index (χ1n) is 7.01. The number of hydrogen-bond donors (Lipinski definition) is 1. The number of benzene rings is 1. The van der Waals surface area contributed by atoms with Crippen LogP contribution in [0.4, 0.5) is 0 Å². The molecule has 1 unspecified atom stereocenters. The summed E-state index contributed by atoms with van der Waals surface area (Å²) in [6.45, 7) is 1.77. The zero-order valence-corrected chi connectivity index (χ0v) is 14.1. The standard InChI is InChI=1S/C16H19ClN2O4/c1-10-11(8-12(9-18)16(22)19(2)3)4-5-13(17)15(10)23-7-6-14(20)21/h4-5,12H,6-8H2,1-3H3,(H,20,21). The van der Waals surface area contributed by atoms with Gasteiger partial charge in [0.15, 0.2) is 0 Å². The summed E-state index contributed by atoms with van der Waals surface area (Å²) >= 11 is 6.09. The second-order valence-electron chi connectivity index (χ2n) is 5.27. The summed E-state index contributed by atoms with van der Waals surface area (Å²) in [5, 5.41) is 18.2. The zero-order valence-electron chi connectivity index (χ0n) is 13.3. The fourth-order valence-corrected chi connectivity index (χ4v) is 2.32. The molecule has 0 saturated heterocycles. The topological polar surface area (TPSA) is 90.6 Å². The molecule has 23 heavy (non-hydrogen) atoms. The smallest absolute Gasteiger partial charge is 0.306 e. The van der Waals surface area contributed by atoms with Crippen LogP contribution in [0.2, 0.25) is 5.02 Å². The van der Waals surface area contributed by atoms with E-state index in [1.165, 1.54) is 4.90 Å². The zero-order chi connectivity index (χ0) is 17.6. The highest BCUT2D eigenvalue weighted by Gasteiger charge is 2.22. The van der Waals surface area contributed by atoms with Gasteiger partial charge in [0, 0.05) is 14.1 Å². The predicted octanol–water partition coefficient (Wildman–Crippen LogP) is 2.27. The SMILES string of the molecule is Cc1c(CC(C#N)C(=O)N(C)C)ccc(Cl)c1OCCC(=O)O. The lowest BCUT2D eigenvalue weighted by Gasteiger charge is -2.18. The number of carbonyl (C=O) groups excluding carboxylic acids is 1. The van der Waals surface area contributed by atoms with Crippen molar-refractivity contribution < 1.29 is 19.4 Å². The predicted molar refractivity (Wildman–Crippen MR) is 85.4 cm³/mol. The van der Waals surface area contributed by atoms with Crippen LogP contribution in [-0.4, -0.2) is 42.6 Å².